The van der Waals surface area contributed by atoms with Gasteiger partial charge in [-0.2, -0.15) is 0 Å². The van der Waals surface area contributed by atoms with E-state index in [9.17, 15) is 4.79 Å². The fourth-order valence-electron chi connectivity index (χ4n) is 3.60. The molecule has 0 aromatic carbocycles. The van der Waals surface area contributed by atoms with E-state index >= 15 is 0 Å². The van der Waals surface area contributed by atoms with Gasteiger partial charge in [0.1, 0.15) is 4.88 Å². The van der Waals surface area contributed by atoms with Crippen LogP contribution in [-0.2, 0) is 11.3 Å². The van der Waals surface area contributed by atoms with Crippen LogP contribution in [0.2, 0.25) is 0 Å². The average Bonchev–Trinajstić information content (AvgIpc) is 3.34. The van der Waals surface area contributed by atoms with Crippen LogP contribution in [0.4, 0.5) is 0 Å². The van der Waals surface area contributed by atoms with Gasteiger partial charge in [-0.3, -0.25) is 19.7 Å². The standard InChI is InChI=1S/C18H22N4O2S/c23-18(17-11-19-13-25-17)22-5-1-2-16(22)14-3-4-20-15(10-14)12-21-6-8-24-9-7-21/h3-4,10-11,13,16H,1-2,5-9,12H2/t16-/m0/s1. The van der Waals surface area contributed by atoms with E-state index in [4.69, 9.17) is 4.74 Å². The van der Waals surface area contributed by atoms with Crippen molar-refractivity contribution in [2.45, 2.75) is 25.4 Å². The maximum atomic E-state index is 12.8. The molecule has 0 radical (unpaired) electrons. The van der Waals surface area contributed by atoms with Crippen molar-refractivity contribution >= 4 is 17.2 Å². The van der Waals surface area contributed by atoms with E-state index in [1.165, 1.54) is 16.9 Å². The van der Waals surface area contributed by atoms with E-state index in [1.807, 2.05) is 17.2 Å². The van der Waals surface area contributed by atoms with Gasteiger partial charge in [0, 0.05) is 32.4 Å². The largest absolute Gasteiger partial charge is 0.379 e. The lowest BCUT2D eigenvalue weighted by molar-refractivity contribution is 0.0336. The zero-order chi connectivity index (χ0) is 17.1. The molecule has 0 N–H and O–H groups in total. The summed E-state index contributed by atoms with van der Waals surface area (Å²) in [6, 6.07) is 4.35. The lowest BCUT2D eigenvalue weighted by Gasteiger charge is -2.27. The van der Waals surface area contributed by atoms with E-state index in [-0.39, 0.29) is 11.9 Å². The summed E-state index contributed by atoms with van der Waals surface area (Å²) in [5, 5.41) is 0. The van der Waals surface area contributed by atoms with Crippen LogP contribution in [-0.4, -0.2) is 58.5 Å². The van der Waals surface area contributed by atoms with Gasteiger partial charge < -0.3 is 9.64 Å². The molecule has 4 heterocycles. The number of morpholine rings is 1. The third-order valence-electron chi connectivity index (χ3n) is 4.87. The Balaban J connectivity index is 1.50. The van der Waals surface area contributed by atoms with Crippen molar-refractivity contribution in [1.29, 1.82) is 0 Å². The fraction of sp³-hybridized carbons (Fsp3) is 0.500. The van der Waals surface area contributed by atoms with Gasteiger partial charge in [-0.1, -0.05) is 0 Å². The number of nitrogens with zero attached hydrogens (tertiary/aromatic N) is 4. The predicted octanol–water partition coefficient (Wildman–Crippen LogP) is 2.35. The number of ether oxygens (including phenoxy) is 1. The van der Waals surface area contributed by atoms with Crippen molar-refractivity contribution in [3.8, 4) is 0 Å². The Morgan fingerprint density at radius 3 is 3.00 bits per heavy atom. The summed E-state index contributed by atoms with van der Waals surface area (Å²) < 4.78 is 5.41. The maximum Gasteiger partial charge on any atom is 0.266 e. The van der Waals surface area contributed by atoms with Crippen LogP contribution < -0.4 is 0 Å². The number of hydrogen-bond donors (Lipinski definition) is 0. The van der Waals surface area contributed by atoms with Gasteiger partial charge in [-0.25, -0.2) is 0 Å². The van der Waals surface area contributed by atoms with Crippen molar-refractivity contribution in [1.82, 2.24) is 19.8 Å². The fourth-order valence-corrected chi connectivity index (χ4v) is 4.17. The van der Waals surface area contributed by atoms with Crippen molar-refractivity contribution < 1.29 is 9.53 Å². The summed E-state index contributed by atoms with van der Waals surface area (Å²) in [5.74, 6) is 0.0940. The first kappa shape index (κ1) is 16.6. The minimum atomic E-state index is 0.0940. The molecule has 7 heteroatoms. The monoisotopic (exact) mass is 358 g/mol. The Morgan fingerprint density at radius 2 is 2.20 bits per heavy atom. The molecule has 0 saturated carbocycles. The number of aromatic nitrogens is 2. The van der Waals surface area contributed by atoms with Crippen molar-refractivity contribution in [3.63, 3.8) is 0 Å². The van der Waals surface area contributed by atoms with Crippen LogP contribution in [0.15, 0.2) is 30.0 Å². The molecule has 4 rings (SSSR count). The Hall–Kier alpha value is -1.83. The first-order chi connectivity index (χ1) is 12.3. The molecule has 132 valence electrons. The molecule has 2 aliphatic rings. The number of thiazole rings is 1. The minimum Gasteiger partial charge on any atom is -0.379 e. The summed E-state index contributed by atoms with van der Waals surface area (Å²) in [7, 11) is 0. The van der Waals surface area contributed by atoms with Crippen molar-refractivity contribution in [2.75, 3.05) is 32.8 Å². The Kier molecular flexibility index (Phi) is 5.05. The highest BCUT2D eigenvalue weighted by Crippen LogP contribution is 2.33. The normalized spacial score (nSPS) is 21.6. The number of carbonyl (C=O) groups excluding carboxylic acids is 1. The number of rotatable bonds is 4. The Bertz CT molecular complexity index is 716. The van der Waals surface area contributed by atoms with Crippen molar-refractivity contribution in [2.24, 2.45) is 0 Å². The first-order valence-corrected chi connectivity index (χ1v) is 9.63. The topological polar surface area (TPSA) is 58.6 Å². The Labute approximate surface area is 151 Å². The van der Waals surface area contributed by atoms with Gasteiger partial charge in [0.25, 0.3) is 5.91 Å². The Morgan fingerprint density at radius 1 is 1.32 bits per heavy atom. The molecule has 0 spiro atoms. The van der Waals surface area contributed by atoms with Gasteiger partial charge >= 0.3 is 0 Å². The second-order valence-electron chi connectivity index (χ2n) is 6.49. The minimum absolute atomic E-state index is 0.0940. The van der Waals surface area contributed by atoms with Crippen LogP contribution in [0, 0.1) is 0 Å². The second kappa shape index (κ2) is 7.59. The van der Waals surface area contributed by atoms with E-state index in [2.05, 4.69) is 20.9 Å². The predicted molar refractivity (Wildman–Crippen MR) is 95.5 cm³/mol. The zero-order valence-electron chi connectivity index (χ0n) is 14.1. The number of carbonyl (C=O) groups is 1. The smallest absolute Gasteiger partial charge is 0.266 e. The molecule has 2 fully saturated rings. The van der Waals surface area contributed by atoms with Crippen molar-refractivity contribution in [3.05, 3.63) is 46.2 Å². The molecule has 2 aromatic heterocycles. The summed E-state index contributed by atoms with van der Waals surface area (Å²) in [6.45, 7) is 5.13. The number of likely N-dealkylation sites (tertiary alicyclic amines) is 1. The zero-order valence-corrected chi connectivity index (χ0v) is 15.0. The first-order valence-electron chi connectivity index (χ1n) is 8.75. The van der Waals surface area contributed by atoms with Crippen LogP contribution in [0.3, 0.4) is 0 Å². The summed E-state index contributed by atoms with van der Waals surface area (Å²) >= 11 is 1.41. The molecule has 1 atom stereocenters. The van der Waals surface area contributed by atoms with Crippen LogP contribution in [0.5, 0.6) is 0 Å². The molecule has 0 aliphatic carbocycles. The van der Waals surface area contributed by atoms with Gasteiger partial charge in [0.05, 0.1) is 36.7 Å². The number of amides is 1. The van der Waals surface area contributed by atoms with E-state index in [0.29, 0.717) is 0 Å². The summed E-state index contributed by atoms with van der Waals surface area (Å²) in [5.41, 5.74) is 3.97. The third kappa shape index (κ3) is 3.73. The molecular formula is C18H22N4O2S. The van der Waals surface area contributed by atoms with Gasteiger partial charge in [-0.05, 0) is 30.5 Å². The molecule has 6 nitrogen and oxygen atoms in total. The summed E-state index contributed by atoms with van der Waals surface area (Å²) in [4.78, 5) is 26.4. The molecule has 1 amide bonds. The molecule has 25 heavy (non-hydrogen) atoms. The average molecular weight is 358 g/mol. The highest BCUT2D eigenvalue weighted by molar-refractivity contribution is 7.11. The van der Waals surface area contributed by atoms with Gasteiger partial charge in [-0.15, -0.1) is 11.3 Å². The number of hydrogen-bond acceptors (Lipinski definition) is 6. The molecule has 2 aromatic rings. The van der Waals surface area contributed by atoms with Crippen LogP contribution in [0.25, 0.3) is 0 Å². The van der Waals surface area contributed by atoms with Crippen LogP contribution >= 0.6 is 11.3 Å². The highest BCUT2D eigenvalue weighted by atomic mass is 32.1. The summed E-state index contributed by atoms with van der Waals surface area (Å²) in [6.07, 6.45) is 5.58. The maximum absolute atomic E-state index is 12.8. The van der Waals surface area contributed by atoms with Gasteiger partial charge in [0.15, 0.2) is 0 Å². The quantitative estimate of drug-likeness (QED) is 0.840. The molecule has 2 aliphatic heterocycles. The van der Waals surface area contributed by atoms with E-state index < -0.39 is 0 Å². The molecule has 0 bridgehead atoms. The van der Waals surface area contributed by atoms with Crippen LogP contribution in [0.1, 0.15) is 39.8 Å². The highest BCUT2D eigenvalue weighted by Gasteiger charge is 2.31. The van der Waals surface area contributed by atoms with Gasteiger partial charge in [0.2, 0.25) is 0 Å². The SMILES string of the molecule is O=C(c1cncs1)N1CCC[C@H]1c1ccnc(CN2CCOCC2)c1. The molecule has 2 saturated heterocycles. The number of pyridine rings is 1. The van der Waals surface area contributed by atoms with E-state index in [1.54, 1.807) is 11.7 Å². The van der Waals surface area contributed by atoms with E-state index in [0.717, 1.165) is 62.8 Å². The lowest BCUT2D eigenvalue weighted by Crippen LogP contribution is -2.36. The lowest BCUT2D eigenvalue weighted by atomic mass is 10.0. The second-order valence-corrected chi connectivity index (χ2v) is 7.38. The molecule has 0 unspecified atom stereocenters. The third-order valence-corrected chi connectivity index (χ3v) is 5.63. The molecular weight excluding hydrogens is 336 g/mol.